The fourth-order valence-corrected chi connectivity index (χ4v) is 0.277. The molecule has 0 amide bonds. The Balaban J connectivity index is 0. The third-order valence-corrected chi connectivity index (χ3v) is 0.607. The molecule has 0 bridgehead atoms. The number of carbonyl (C=O) groups excluding carboxylic acids is 1. The number of hydrogen-bond donors (Lipinski definition) is 1. The molecule has 1 N–H and O–H groups in total. The van der Waals surface area contributed by atoms with Gasteiger partial charge in [0, 0.05) is 0 Å². The molecule has 9 heavy (non-hydrogen) atoms. The fourth-order valence-electron chi connectivity index (χ4n) is 0.277. The molecule has 0 aromatic heterocycles. The molecule has 3 nitrogen and oxygen atoms in total. The Morgan fingerprint density at radius 2 is 2.22 bits per heavy atom. The Bertz CT molecular complexity index is 119. The SMILES string of the molecule is CC/C=C(\O)C(=O)[O-].[K+]. The Kier molecular flexibility index (Phi) is 9.27. The maximum absolute atomic E-state index is 9.66. The number of rotatable bonds is 2. The summed E-state index contributed by atoms with van der Waals surface area (Å²) in [5.41, 5.74) is 0. The van der Waals surface area contributed by atoms with Crippen molar-refractivity contribution < 1.29 is 66.4 Å². The second kappa shape index (κ2) is 6.76. The molecule has 0 saturated carbocycles. The van der Waals surface area contributed by atoms with Gasteiger partial charge < -0.3 is 15.0 Å². The molecule has 0 spiro atoms. The fraction of sp³-hybridized carbons (Fsp3) is 0.400. The number of aliphatic hydroxyl groups excluding tert-OH is 1. The van der Waals surface area contributed by atoms with Crippen LogP contribution >= 0.6 is 0 Å². The van der Waals surface area contributed by atoms with E-state index < -0.39 is 11.7 Å². The minimum absolute atomic E-state index is 0. The predicted molar refractivity (Wildman–Crippen MR) is 26.0 cm³/mol. The Labute approximate surface area is 96.2 Å². The van der Waals surface area contributed by atoms with E-state index in [4.69, 9.17) is 5.11 Å². The molecule has 0 radical (unpaired) electrons. The van der Waals surface area contributed by atoms with Crippen molar-refractivity contribution in [1.29, 1.82) is 0 Å². The summed E-state index contributed by atoms with van der Waals surface area (Å²) < 4.78 is 0. The second-order valence-electron chi connectivity index (χ2n) is 1.29. The number of carbonyl (C=O) groups is 1. The first-order chi connectivity index (χ1) is 3.68. The number of aliphatic hydroxyl groups is 1. The summed E-state index contributed by atoms with van der Waals surface area (Å²) in [6.45, 7) is 1.72. The van der Waals surface area contributed by atoms with E-state index in [-0.39, 0.29) is 51.4 Å². The minimum Gasteiger partial charge on any atom is -0.542 e. The molecule has 0 aliphatic heterocycles. The van der Waals surface area contributed by atoms with Gasteiger partial charge in [0.15, 0.2) is 0 Å². The van der Waals surface area contributed by atoms with E-state index >= 15 is 0 Å². The zero-order valence-electron chi connectivity index (χ0n) is 5.55. The van der Waals surface area contributed by atoms with Crippen molar-refractivity contribution in [2.75, 3.05) is 0 Å². The Morgan fingerprint density at radius 3 is 2.33 bits per heavy atom. The summed E-state index contributed by atoms with van der Waals surface area (Å²) >= 11 is 0. The van der Waals surface area contributed by atoms with Crippen LogP contribution in [0.25, 0.3) is 0 Å². The van der Waals surface area contributed by atoms with E-state index in [9.17, 15) is 9.90 Å². The number of carboxylic acid groups (broad SMARTS) is 1. The Morgan fingerprint density at radius 1 is 1.78 bits per heavy atom. The van der Waals surface area contributed by atoms with Crippen molar-refractivity contribution in [2.24, 2.45) is 0 Å². The predicted octanol–water partition coefficient (Wildman–Crippen LogP) is -3.41. The van der Waals surface area contributed by atoms with E-state index in [1.165, 1.54) is 6.08 Å². The van der Waals surface area contributed by atoms with Crippen LogP contribution in [0.3, 0.4) is 0 Å². The second-order valence-corrected chi connectivity index (χ2v) is 1.29. The van der Waals surface area contributed by atoms with Crippen LogP contribution in [-0.2, 0) is 4.79 Å². The number of aliphatic carboxylic acids is 1. The molecule has 0 saturated heterocycles. The van der Waals surface area contributed by atoms with E-state index in [1.54, 1.807) is 6.92 Å². The topological polar surface area (TPSA) is 60.4 Å². The summed E-state index contributed by atoms with van der Waals surface area (Å²) in [5, 5.41) is 18.0. The summed E-state index contributed by atoms with van der Waals surface area (Å²) in [7, 11) is 0. The molecule has 0 rings (SSSR count). The van der Waals surface area contributed by atoms with E-state index in [0.29, 0.717) is 6.42 Å². The Hall–Kier alpha value is 0.646. The van der Waals surface area contributed by atoms with Crippen LogP contribution in [0, 0.1) is 0 Å². The van der Waals surface area contributed by atoms with Gasteiger partial charge in [0.25, 0.3) is 0 Å². The van der Waals surface area contributed by atoms with Crippen LogP contribution in [0.4, 0.5) is 0 Å². The van der Waals surface area contributed by atoms with Crippen molar-refractivity contribution in [3.05, 3.63) is 11.8 Å². The monoisotopic (exact) mass is 154 g/mol. The average molecular weight is 154 g/mol. The number of allylic oxidation sites excluding steroid dienone is 1. The molecular formula is C5H7KO3. The third-order valence-electron chi connectivity index (χ3n) is 0.607. The van der Waals surface area contributed by atoms with Crippen LogP contribution in [-0.4, -0.2) is 11.1 Å². The first-order valence-corrected chi connectivity index (χ1v) is 2.29. The van der Waals surface area contributed by atoms with Crippen molar-refractivity contribution in [2.45, 2.75) is 13.3 Å². The molecule has 0 fully saturated rings. The van der Waals surface area contributed by atoms with Gasteiger partial charge in [-0.15, -0.1) is 0 Å². The van der Waals surface area contributed by atoms with E-state index in [1.807, 2.05) is 0 Å². The smallest absolute Gasteiger partial charge is 0.542 e. The first kappa shape index (κ1) is 12.3. The standard InChI is InChI=1S/C5H8O3.K/c1-2-3-4(6)5(7)8;/h3,6H,2H2,1H3,(H,7,8);/q;+1/p-1/b4-3-;. The van der Waals surface area contributed by atoms with Crippen LogP contribution < -0.4 is 56.5 Å². The first-order valence-electron chi connectivity index (χ1n) is 2.29. The van der Waals surface area contributed by atoms with Gasteiger partial charge >= 0.3 is 51.4 Å². The summed E-state index contributed by atoms with van der Waals surface area (Å²) in [5.74, 6) is -2.21. The molecule has 0 aliphatic carbocycles. The quantitative estimate of drug-likeness (QED) is 0.256. The molecule has 0 atom stereocenters. The summed E-state index contributed by atoms with van der Waals surface area (Å²) in [6.07, 6.45) is 1.68. The van der Waals surface area contributed by atoms with Gasteiger partial charge in [-0.1, -0.05) is 6.92 Å². The number of carboxylic acids is 1. The van der Waals surface area contributed by atoms with Crippen LogP contribution in [0.2, 0.25) is 0 Å². The van der Waals surface area contributed by atoms with Gasteiger partial charge in [0.05, 0.1) is 0 Å². The minimum atomic E-state index is -1.52. The molecule has 0 aromatic carbocycles. The van der Waals surface area contributed by atoms with Gasteiger partial charge in [-0.3, -0.25) is 0 Å². The molecule has 0 aliphatic rings. The largest absolute Gasteiger partial charge is 1.00 e. The van der Waals surface area contributed by atoms with E-state index in [2.05, 4.69) is 0 Å². The van der Waals surface area contributed by atoms with Crippen LogP contribution in [0.5, 0.6) is 0 Å². The third kappa shape index (κ3) is 6.53. The van der Waals surface area contributed by atoms with Crippen molar-refractivity contribution in [1.82, 2.24) is 0 Å². The summed E-state index contributed by atoms with van der Waals surface area (Å²) in [4.78, 5) is 9.66. The maximum atomic E-state index is 9.66. The van der Waals surface area contributed by atoms with Gasteiger partial charge in [0.2, 0.25) is 0 Å². The van der Waals surface area contributed by atoms with Crippen molar-refractivity contribution >= 4 is 5.97 Å². The molecular weight excluding hydrogens is 147 g/mol. The van der Waals surface area contributed by atoms with Crippen LogP contribution in [0.15, 0.2) is 11.8 Å². The van der Waals surface area contributed by atoms with Crippen LogP contribution in [0.1, 0.15) is 13.3 Å². The van der Waals surface area contributed by atoms with Crippen molar-refractivity contribution in [3.63, 3.8) is 0 Å². The average Bonchev–Trinajstić information content (AvgIpc) is 1.67. The molecule has 46 valence electrons. The van der Waals surface area contributed by atoms with Crippen molar-refractivity contribution in [3.8, 4) is 0 Å². The molecule has 0 heterocycles. The zero-order valence-corrected chi connectivity index (χ0v) is 8.67. The van der Waals surface area contributed by atoms with Gasteiger partial charge in [-0.2, -0.15) is 0 Å². The molecule has 0 aromatic rings. The van der Waals surface area contributed by atoms with Gasteiger partial charge in [-0.25, -0.2) is 0 Å². The van der Waals surface area contributed by atoms with E-state index in [0.717, 1.165) is 0 Å². The number of hydrogen-bond acceptors (Lipinski definition) is 3. The maximum Gasteiger partial charge on any atom is 1.00 e. The summed E-state index contributed by atoms with van der Waals surface area (Å²) in [6, 6.07) is 0. The zero-order chi connectivity index (χ0) is 6.57. The van der Waals surface area contributed by atoms with Gasteiger partial charge in [0.1, 0.15) is 11.7 Å². The normalized spacial score (nSPS) is 10.1. The molecule has 0 unspecified atom stereocenters. The molecule has 4 heteroatoms. The van der Waals surface area contributed by atoms with Gasteiger partial charge in [-0.05, 0) is 12.5 Å².